The van der Waals surface area contributed by atoms with Gasteiger partial charge in [0, 0.05) is 11.9 Å². The molecule has 1 N–H and O–H groups in total. The molecule has 3 rings (SSSR count). The molecule has 2 atom stereocenters. The highest BCUT2D eigenvalue weighted by Gasteiger charge is 2.35. The Morgan fingerprint density at radius 2 is 2.04 bits per heavy atom. The van der Waals surface area contributed by atoms with Crippen molar-refractivity contribution < 1.29 is 32.6 Å². The van der Waals surface area contributed by atoms with Crippen LogP contribution in [0.3, 0.4) is 0 Å². The number of carboxylic acid groups (broad SMARTS) is 1. The van der Waals surface area contributed by atoms with Crippen LogP contribution in [0.5, 0.6) is 0 Å². The lowest BCUT2D eigenvalue weighted by Crippen LogP contribution is -2.51. The van der Waals surface area contributed by atoms with Gasteiger partial charge in [-0.1, -0.05) is 0 Å². The normalized spacial score (nSPS) is 21.2. The summed E-state index contributed by atoms with van der Waals surface area (Å²) in [5.74, 6) is -1.60. The minimum atomic E-state index is -4.56. The number of halogens is 3. The number of amides is 1. The second-order valence-corrected chi connectivity index (χ2v) is 7.09. The fourth-order valence-corrected chi connectivity index (χ4v) is 4.01. The summed E-state index contributed by atoms with van der Waals surface area (Å²) >= 11 is 0.876. The van der Waals surface area contributed by atoms with Crippen molar-refractivity contribution in [2.45, 2.75) is 32.2 Å². The molecular weight excluding hydrogens is 373 g/mol. The summed E-state index contributed by atoms with van der Waals surface area (Å²) in [4.78, 5) is 29.3. The van der Waals surface area contributed by atoms with Crippen molar-refractivity contribution in [1.29, 1.82) is 0 Å². The van der Waals surface area contributed by atoms with E-state index in [4.69, 9.17) is 9.84 Å². The van der Waals surface area contributed by atoms with Gasteiger partial charge in [-0.15, -0.1) is 11.3 Å². The summed E-state index contributed by atoms with van der Waals surface area (Å²) in [6, 6.07) is 2.18. The number of carbonyl (C=O) groups is 2. The Morgan fingerprint density at radius 3 is 2.65 bits per heavy atom. The van der Waals surface area contributed by atoms with Crippen LogP contribution < -0.4 is 0 Å². The van der Waals surface area contributed by atoms with E-state index in [0.717, 1.165) is 17.4 Å². The minimum absolute atomic E-state index is 0.118. The van der Waals surface area contributed by atoms with Crippen LogP contribution in [-0.2, 0) is 15.7 Å². The van der Waals surface area contributed by atoms with E-state index in [1.54, 1.807) is 13.8 Å². The van der Waals surface area contributed by atoms with Crippen molar-refractivity contribution >= 4 is 33.4 Å². The van der Waals surface area contributed by atoms with Gasteiger partial charge in [0.1, 0.15) is 10.5 Å². The molecule has 0 spiro atoms. The Hall–Kier alpha value is -2.20. The van der Waals surface area contributed by atoms with E-state index < -0.39 is 36.0 Å². The van der Waals surface area contributed by atoms with Gasteiger partial charge < -0.3 is 14.7 Å². The average Bonchev–Trinajstić information content (AvgIpc) is 2.89. The van der Waals surface area contributed by atoms with Crippen LogP contribution in [0.2, 0.25) is 0 Å². The third kappa shape index (κ3) is 3.38. The first-order valence-electron chi connectivity index (χ1n) is 7.72. The number of carboxylic acids is 1. The summed E-state index contributed by atoms with van der Waals surface area (Å²) in [5.41, 5.74) is -0.488. The Bertz CT molecular complexity index is 880. The molecule has 140 valence electrons. The topological polar surface area (TPSA) is 79.7 Å². The molecule has 1 amide bonds. The number of aliphatic carboxylic acids is 1. The molecule has 1 aliphatic heterocycles. The van der Waals surface area contributed by atoms with Crippen LogP contribution in [0.25, 0.3) is 10.2 Å². The highest BCUT2D eigenvalue weighted by molar-refractivity contribution is 7.20. The van der Waals surface area contributed by atoms with Crippen molar-refractivity contribution in [1.82, 2.24) is 9.88 Å². The summed E-state index contributed by atoms with van der Waals surface area (Å²) < 4.78 is 43.8. The summed E-state index contributed by atoms with van der Waals surface area (Å²) in [7, 11) is 0. The van der Waals surface area contributed by atoms with Gasteiger partial charge in [0.15, 0.2) is 6.10 Å². The van der Waals surface area contributed by atoms with Gasteiger partial charge >= 0.3 is 12.1 Å². The molecule has 0 aliphatic carbocycles. The van der Waals surface area contributed by atoms with Crippen LogP contribution in [0, 0.1) is 6.92 Å². The highest BCUT2D eigenvalue weighted by atomic mass is 32.1. The van der Waals surface area contributed by atoms with Crippen molar-refractivity contribution in [2.75, 3.05) is 13.1 Å². The number of nitrogens with zero attached hydrogens (tertiary/aromatic N) is 2. The first-order valence-corrected chi connectivity index (χ1v) is 8.54. The average molecular weight is 388 g/mol. The molecule has 26 heavy (non-hydrogen) atoms. The quantitative estimate of drug-likeness (QED) is 0.856. The minimum Gasteiger partial charge on any atom is -0.479 e. The predicted octanol–water partition coefficient (Wildman–Crippen LogP) is 2.94. The molecule has 0 radical (unpaired) electrons. The van der Waals surface area contributed by atoms with E-state index in [0.29, 0.717) is 10.9 Å². The number of fused-ring (bicyclic) bond motifs is 1. The zero-order chi connectivity index (χ0) is 19.2. The molecule has 6 nitrogen and oxygen atoms in total. The lowest BCUT2D eigenvalue weighted by atomic mass is 10.1. The standard InChI is InChI=1S/C16H15F3N2O4S/c1-7-5-21(6-10(25-7)15(23)24)14(22)12-8(2)9-3-4-11(16(17,18)19)20-13(9)26-12/h3-4,7,10H,5-6H2,1-2H3,(H,23,24)/t7-,10?/m1/s1. The number of thiophene rings is 1. The largest absolute Gasteiger partial charge is 0.479 e. The lowest BCUT2D eigenvalue weighted by Gasteiger charge is -2.34. The Balaban J connectivity index is 1.95. The maximum absolute atomic E-state index is 12.8. The number of carbonyl (C=O) groups excluding carboxylic acids is 1. The van der Waals surface area contributed by atoms with Crippen molar-refractivity contribution in [3.63, 3.8) is 0 Å². The number of hydrogen-bond acceptors (Lipinski definition) is 5. The first kappa shape index (κ1) is 18.6. The molecule has 0 saturated carbocycles. The molecule has 0 aromatic carbocycles. The monoisotopic (exact) mass is 388 g/mol. The van der Waals surface area contributed by atoms with E-state index in [2.05, 4.69) is 4.98 Å². The number of alkyl halides is 3. The second-order valence-electron chi connectivity index (χ2n) is 6.09. The van der Waals surface area contributed by atoms with Gasteiger partial charge in [-0.3, -0.25) is 4.79 Å². The van der Waals surface area contributed by atoms with Gasteiger partial charge in [-0.25, -0.2) is 9.78 Å². The molecule has 1 unspecified atom stereocenters. The molecule has 1 saturated heterocycles. The molecule has 3 heterocycles. The maximum atomic E-state index is 12.8. The predicted molar refractivity (Wildman–Crippen MR) is 87.2 cm³/mol. The fraction of sp³-hybridized carbons (Fsp3) is 0.438. The summed E-state index contributed by atoms with van der Waals surface area (Å²) in [6.07, 6.45) is -6.16. The number of ether oxygens (including phenoxy) is 1. The van der Waals surface area contributed by atoms with Crippen molar-refractivity contribution in [3.05, 3.63) is 28.3 Å². The molecule has 0 bridgehead atoms. The molecule has 10 heteroatoms. The molecular formula is C16H15F3N2O4S. The van der Waals surface area contributed by atoms with E-state index in [9.17, 15) is 22.8 Å². The van der Waals surface area contributed by atoms with Crippen LogP contribution in [0.1, 0.15) is 27.9 Å². The molecule has 1 aliphatic rings. The SMILES string of the molecule is Cc1c(C(=O)N2CC(C(=O)O)O[C@H](C)C2)sc2nc(C(F)(F)F)ccc12. The number of morpholine rings is 1. The smallest absolute Gasteiger partial charge is 0.433 e. The van der Waals surface area contributed by atoms with Crippen LogP contribution >= 0.6 is 11.3 Å². The summed E-state index contributed by atoms with van der Waals surface area (Å²) in [5, 5.41) is 9.60. The number of rotatable bonds is 2. The molecule has 2 aromatic heterocycles. The van der Waals surface area contributed by atoms with Crippen LogP contribution in [-0.4, -0.2) is 52.2 Å². The van der Waals surface area contributed by atoms with Gasteiger partial charge in [-0.05, 0) is 31.5 Å². The third-order valence-corrected chi connectivity index (χ3v) is 5.30. The summed E-state index contributed by atoms with van der Waals surface area (Å²) in [6.45, 7) is 3.38. The second kappa shape index (κ2) is 6.51. The molecule has 2 aromatic rings. The van der Waals surface area contributed by atoms with E-state index >= 15 is 0 Å². The fourth-order valence-electron chi connectivity index (χ4n) is 2.86. The zero-order valence-corrected chi connectivity index (χ0v) is 14.6. The Kier molecular flexibility index (Phi) is 4.65. The van der Waals surface area contributed by atoms with Crippen LogP contribution in [0.4, 0.5) is 13.2 Å². The Morgan fingerprint density at radius 1 is 1.35 bits per heavy atom. The van der Waals surface area contributed by atoms with Gasteiger partial charge in [0.05, 0.1) is 17.5 Å². The zero-order valence-electron chi connectivity index (χ0n) is 13.8. The highest BCUT2D eigenvalue weighted by Crippen LogP contribution is 2.35. The number of hydrogen-bond donors (Lipinski definition) is 1. The van der Waals surface area contributed by atoms with Crippen molar-refractivity contribution in [2.24, 2.45) is 0 Å². The van der Waals surface area contributed by atoms with E-state index in [1.807, 2.05) is 0 Å². The number of pyridine rings is 1. The molecule has 1 fully saturated rings. The van der Waals surface area contributed by atoms with Crippen LogP contribution in [0.15, 0.2) is 12.1 Å². The first-order chi connectivity index (χ1) is 12.1. The van der Waals surface area contributed by atoms with Crippen molar-refractivity contribution in [3.8, 4) is 0 Å². The van der Waals surface area contributed by atoms with Gasteiger partial charge in [-0.2, -0.15) is 13.2 Å². The number of aromatic nitrogens is 1. The van der Waals surface area contributed by atoms with Gasteiger partial charge in [0.25, 0.3) is 5.91 Å². The van der Waals surface area contributed by atoms with E-state index in [-0.39, 0.29) is 22.8 Å². The maximum Gasteiger partial charge on any atom is 0.433 e. The lowest BCUT2D eigenvalue weighted by molar-refractivity contribution is -0.160. The number of aryl methyl sites for hydroxylation is 1. The van der Waals surface area contributed by atoms with Gasteiger partial charge in [0.2, 0.25) is 0 Å². The van der Waals surface area contributed by atoms with E-state index in [1.165, 1.54) is 11.0 Å². The Labute approximate surface area is 150 Å². The third-order valence-electron chi connectivity index (χ3n) is 4.11.